The van der Waals surface area contributed by atoms with Crippen LogP contribution in [0.15, 0.2) is 24.3 Å². The van der Waals surface area contributed by atoms with Crippen LogP contribution in [-0.4, -0.2) is 62.5 Å². The second-order valence-corrected chi connectivity index (χ2v) is 5.84. The Hall–Kier alpha value is -1.63. The second-order valence-electron chi connectivity index (χ2n) is 5.84. The van der Waals surface area contributed by atoms with Gasteiger partial charge in [0.2, 0.25) is 5.91 Å². The highest BCUT2D eigenvalue weighted by molar-refractivity contribution is 5.78. The standard InChI is InChI=1S/C17H26N2O4/c1-19(11-17(21)18-14-7-9-23-10-8-14)16(12-20)13-3-5-15(22-2)6-4-13/h3-6,14,16,20H,7-12H2,1-2H3,(H,18,21)/t16-/m1/s1. The summed E-state index contributed by atoms with van der Waals surface area (Å²) in [7, 11) is 3.46. The molecule has 1 fully saturated rings. The molecule has 2 rings (SSSR count). The average molecular weight is 322 g/mol. The summed E-state index contributed by atoms with van der Waals surface area (Å²) in [5.74, 6) is 0.747. The summed E-state index contributed by atoms with van der Waals surface area (Å²) in [5, 5.41) is 12.7. The number of aliphatic hydroxyl groups is 1. The number of hydrogen-bond acceptors (Lipinski definition) is 5. The molecule has 0 radical (unpaired) electrons. The van der Waals surface area contributed by atoms with Crippen LogP contribution in [0, 0.1) is 0 Å². The van der Waals surface area contributed by atoms with E-state index in [9.17, 15) is 9.90 Å². The monoisotopic (exact) mass is 322 g/mol. The van der Waals surface area contributed by atoms with Gasteiger partial charge in [0, 0.05) is 19.3 Å². The fraction of sp³-hybridized carbons (Fsp3) is 0.588. The molecule has 0 aromatic heterocycles. The Labute approximate surface area is 137 Å². The highest BCUT2D eigenvalue weighted by Gasteiger charge is 2.21. The van der Waals surface area contributed by atoms with Crippen LogP contribution >= 0.6 is 0 Å². The van der Waals surface area contributed by atoms with Crippen LogP contribution in [0.4, 0.5) is 0 Å². The van der Waals surface area contributed by atoms with Gasteiger partial charge in [-0.1, -0.05) is 12.1 Å². The van der Waals surface area contributed by atoms with Gasteiger partial charge in [0.25, 0.3) is 0 Å². The fourth-order valence-corrected chi connectivity index (χ4v) is 2.78. The van der Waals surface area contributed by atoms with Gasteiger partial charge >= 0.3 is 0 Å². The minimum absolute atomic E-state index is 0.0219. The van der Waals surface area contributed by atoms with Crippen molar-refractivity contribution >= 4 is 5.91 Å². The molecule has 1 aromatic rings. The molecule has 6 nitrogen and oxygen atoms in total. The largest absolute Gasteiger partial charge is 0.497 e. The van der Waals surface area contributed by atoms with Gasteiger partial charge < -0.3 is 19.9 Å². The Kier molecular flexibility index (Phi) is 6.83. The zero-order chi connectivity index (χ0) is 16.7. The zero-order valence-electron chi connectivity index (χ0n) is 13.8. The smallest absolute Gasteiger partial charge is 0.234 e. The molecule has 0 bridgehead atoms. The van der Waals surface area contributed by atoms with E-state index in [1.165, 1.54) is 0 Å². The van der Waals surface area contributed by atoms with Crippen molar-refractivity contribution in [1.82, 2.24) is 10.2 Å². The van der Waals surface area contributed by atoms with E-state index in [2.05, 4.69) is 5.32 Å². The van der Waals surface area contributed by atoms with Crippen molar-refractivity contribution in [3.05, 3.63) is 29.8 Å². The van der Waals surface area contributed by atoms with Gasteiger partial charge in [0.15, 0.2) is 0 Å². The molecule has 1 saturated heterocycles. The van der Waals surface area contributed by atoms with Crippen LogP contribution in [0.2, 0.25) is 0 Å². The first kappa shape index (κ1) is 17.7. The third-order valence-corrected chi connectivity index (χ3v) is 4.18. The first-order valence-electron chi connectivity index (χ1n) is 7.96. The molecule has 1 heterocycles. The maximum atomic E-state index is 12.2. The topological polar surface area (TPSA) is 71.0 Å². The predicted octanol–water partition coefficient (Wildman–Crippen LogP) is 0.956. The summed E-state index contributed by atoms with van der Waals surface area (Å²) in [4.78, 5) is 14.0. The molecule has 0 saturated carbocycles. The Morgan fingerprint density at radius 1 is 1.39 bits per heavy atom. The summed E-state index contributed by atoms with van der Waals surface area (Å²) >= 11 is 0. The van der Waals surface area contributed by atoms with E-state index in [-0.39, 0.29) is 31.1 Å². The number of nitrogens with one attached hydrogen (secondary N) is 1. The Bertz CT molecular complexity index is 486. The van der Waals surface area contributed by atoms with Crippen molar-refractivity contribution in [3.8, 4) is 5.75 Å². The van der Waals surface area contributed by atoms with Gasteiger partial charge in [-0.3, -0.25) is 9.69 Å². The third kappa shape index (κ3) is 5.20. The quantitative estimate of drug-likeness (QED) is 0.782. The fourth-order valence-electron chi connectivity index (χ4n) is 2.78. The average Bonchev–Trinajstić information content (AvgIpc) is 2.57. The van der Waals surface area contributed by atoms with E-state index in [1.807, 2.05) is 36.2 Å². The van der Waals surface area contributed by atoms with Crippen LogP contribution in [0.1, 0.15) is 24.4 Å². The van der Waals surface area contributed by atoms with Crippen molar-refractivity contribution in [2.45, 2.75) is 24.9 Å². The number of amides is 1. The minimum atomic E-state index is -0.221. The molecule has 0 aliphatic carbocycles. The molecule has 2 N–H and O–H groups in total. The van der Waals surface area contributed by atoms with E-state index in [0.29, 0.717) is 13.2 Å². The van der Waals surface area contributed by atoms with Gasteiger partial charge in [-0.05, 0) is 37.6 Å². The molecule has 1 aliphatic rings. The van der Waals surface area contributed by atoms with Gasteiger partial charge in [0.1, 0.15) is 5.75 Å². The lowest BCUT2D eigenvalue weighted by atomic mass is 10.1. The summed E-state index contributed by atoms with van der Waals surface area (Å²) in [6.07, 6.45) is 1.72. The summed E-state index contributed by atoms with van der Waals surface area (Å²) in [6.45, 7) is 1.60. The number of likely N-dealkylation sites (N-methyl/N-ethyl adjacent to an activating group) is 1. The lowest BCUT2D eigenvalue weighted by molar-refractivity contribution is -0.123. The Balaban J connectivity index is 1.90. The van der Waals surface area contributed by atoms with E-state index in [4.69, 9.17) is 9.47 Å². The number of carbonyl (C=O) groups is 1. The number of benzene rings is 1. The van der Waals surface area contributed by atoms with Crippen LogP contribution in [0.25, 0.3) is 0 Å². The van der Waals surface area contributed by atoms with Gasteiger partial charge in [-0.2, -0.15) is 0 Å². The minimum Gasteiger partial charge on any atom is -0.497 e. The SMILES string of the molecule is COc1ccc([C@@H](CO)N(C)CC(=O)NC2CCOCC2)cc1. The molecular weight excluding hydrogens is 296 g/mol. The van der Waals surface area contributed by atoms with E-state index < -0.39 is 0 Å². The number of ether oxygens (including phenoxy) is 2. The molecule has 6 heteroatoms. The molecule has 1 amide bonds. The van der Waals surface area contributed by atoms with Gasteiger partial charge in [-0.15, -0.1) is 0 Å². The molecule has 1 aromatic carbocycles. The first-order valence-corrected chi connectivity index (χ1v) is 7.96. The van der Waals surface area contributed by atoms with E-state index >= 15 is 0 Å². The summed E-state index contributed by atoms with van der Waals surface area (Å²) < 4.78 is 10.4. The number of methoxy groups -OCH3 is 1. The van der Waals surface area contributed by atoms with Crippen LogP contribution < -0.4 is 10.1 Å². The molecular formula is C17H26N2O4. The van der Waals surface area contributed by atoms with Crippen LogP contribution in [0.5, 0.6) is 5.75 Å². The number of rotatable bonds is 7. The highest BCUT2D eigenvalue weighted by Crippen LogP contribution is 2.21. The molecule has 1 atom stereocenters. The third-order valence-electron chi connectivity index (χ3n) is 4.18. The number of aliphatic hydroxyl groups excluding tert-OH is 1. The normalized spacial score (nSPS) is 17.0. The number of hydrogen-bond donors (Lipinski definition) is 2. The van der Waals surface area contributed by atoms with Crippen molar-refractivity contribution < 1.29 is 19.4 Å². The van der Waals surface area contributed by atoms with E-state index in [1.54, 1.807) is 7.11 Å². The molecule has 0 unspecified atom stereocenters. The zero-order valence-corrected chi connectivity index (χ0v) is 13.8. The Morgan fingerprint density at radius 2 is 2.04 bits per heavy atom. The maximum Gasteiger partial charge on any atom is 0.234 e. The van der Waals surface area contributed by atoms with Crippen molar-refractivity contribution in [3.63, 3.8) is 0 Å². The number of nitrogens with zero attached hydrogens (tertiary/aromatic N) is 1. The van der Waals surface area contributed by atoms with Crippen molar-refractivity contribution in [2.24, 2.45) is 0 Å². The molecule has 23 heavy (non-hydrogen) atoms. The van der Waals surface area contributed by atoms with Crippen LogP contribution in [-0.2, 0) is 9.53 Å². The summed E-state index contributed by atoms with van der Waals surface area (Å²) in [5.41, 5.74) is 0.953. The van der Waals surface area contributed by atoms with Crippen molar-refractivity contribution in [1.29, 1.82) is 0 Å². The Morgan fingerprint density at radius 3 is 2.61 bits per heavy atom. The van der Waals surface area contributed by atoms with Crippen molar-refractivity contribution in [2.75, 3.05) is 40.5 Å². The highest BCUT2D eigenvalue weighted by atomic mass is 16.5. The van der Waals surface area contributed by atoms with E-state index in [0.717, 1.165) is 24.2 Å². The molecule has 1 aliphatic heterocycles. The maximum absolute atomic E-state index is 12.2. The molecule has 0 spiro atoms. The second kappa shape index (κ2) is 8.86. The lowest BCUT2D eigenvalue weighted by Crippen LogP contribution is -2.44. The number of carbonyl (C=O) groups excluding carboxylic acids is 1. The molecule has 128 valence electrons. The predicted molar refractivity (Wildman–Crippen MR) is 87.4 cm³/mol. The van der Waals surface area contributed by atoms with Gasteiger partial charge in [0.05, 0.1) is 26.3 Å². The van der Waals surface area contributed by atoms with Crippen LogP contribution in [0.3, 0.4) is 0 Å². The summed E-state index contributed by atoms with van der Waals surface area (Å²) in [6, 6.07) is 7.50. The lowest BCUT2D eigenvalue weighted by Gasteiger charge is -2.28. The van der Waals surface area contributed by atoms with Gasteiger partial charge in [-0.25, -0.2) is 0 Å². The first-order chi connectivity index (χ1) is 11.1.